The molecule has 0 saturated carbocycles. The van der Waals surface area contributed by atoms with Crippen molar-refractivity contribution in [3.8, 4) is 0 Å². The Kier molecular flexibility index (Phi) is 3.46. The number of carbonyl (C=O) groups excluding carboxylic acids is 1. The summed E-state index contributed by atoms with van der Waals surface area (Å²) in [5.74, 6) is -1.67. The van der Waals surface area contributed by atoms with Gasteiger partial charge in [0.05, 0.1) is 11.3 Å². The lowest BCUT2D eigenvalue weighted by atomic mass is 10.1. The maximum absolute atomic E-state index is 13.3. The van der Waals surface area contributed by atoms with Crippen molar-refractivity contribution < 1.29 is 13.6 Å². The molecule has 0 aliphatic rings. The van der Waals surface area contributed by atoms with Crippen LogP contribution < -0.4 is 11.1 Å². The highest BCUT2D eigenvalue weighted by molar-refractivity contribution is 6.07. The number of nitrogens with two attached hydrogens (primary N) is 1. The molecule has 1 amide bonds. The second-order valence-corrected chi connectivity index (χ2v) is 4.12. The van der Waals surface area contributed by atoms with Gasteiger partial charge in [-0.05, 0) is 36.8 Å². The normalized spacial score (nSPS) is 10.3. The average molecular weight is 262 g/mol. The Morgan fingerprint density at radius 2 is 1.89 bits per heavy atom. The van der Waals surface area contributed by atoms with E-state index >= 15 is 0 Å². The van der Waals surface area contributed by atoms with E-state index in [1.165, 1.54) is 18.2 Å². The van der Waals surface area contributed by atoms with Crippen LogP contribution in [0.5, 0.6) is 0 Å². The third-order valence-electron chi connectivity index (χ3n) is 2.73. The van der Waals surface area contributed by atoms with Crippen molar-refractivity contribution in [2.24, 2.45) is 0 Å². The fourth-order valence-electron chi connectivity index (χ4n) is 1.60. The molecule has 0 atom stereocenters. The summed E-state index contributed by atoms with van der Waals surface area (Å²) >= 11 is 0. The van der Waals surface area contributed by atoms with Gasteiger partial charge in [-0.25, -0.2) is 8.78 Å². The van der Waals surface area contributed by atoms with Gasteiger partial charge in [0.15, 0.2) is 0 Å². The maximum atomic E-state index is 13.3. The van der Waals surface area contributed by atoms with Crippen LogP contribution in [0.15, 0.2) is 36.4 Å². The zero-order chi connectivity index (χ0) is 14.0. The van der Waals surface area contributed by atoms with Crippen molar-refractivity contribution in [1.82, 2.24) is 0 Å². The summed E-state index contributed by atoms with van der Waals surface area (Å²) in [6, 6.07) is 8.25. The number of hydrogen-bond donors (Lipinski definition) is 2. The predicted octanol–water partition coefficient (Wildman–Crippen LogP) is 3.11. The molecule has 5 heteroatoms. The van der Waals surface area contributed by atoms with Gasteiger partial charge in [-0.15, -0.1) is 0 Å². The lowest BCUT2D eigenvalue weighted by Gasteiger charge is -2.08. The van der Waals surface area contributed by atoms with Crippen LogP contribution >= 0.6 is 0 Å². The highest BCUT2D eigenvalue weighted by Gasteiger charge is 2.13. The van der Waals surface area contributed by atoms with Crippen LogP contribution in [0.3, 0.4) is 0 Å². The standard InChI is InChI=1S/C14H12F2N2O/c1-8-5-6-9(7-12(8)16)18-14(19)10-3-2-4-11(15)13(10)17/h2-7H,17H2,1H3,(H,18,19). The Labute approximate surface area is 109 Å². The van der Waals surface area contributed by atoms with Crippen LogP contribution in [0.25, 0.3) is 0 Å². The summed E-state index contributed by atoms with van der Waals surface area (Å²) < 4.78 is 26.6. The Hall–Kier alpha value is -2.43. The molecule has 0 fully saturated rings. The number of rotatable bonds is 2. The molecule has 19 heavy (non-hydrogen) atoms. The van der Waals surface area contributed by atoms with Crippen LogP contribution in [0.4, 0.5) is 20.2 Å². The monoisotopic (exact) mass is 262 g/mol. The molecule has 0 aliphatic carbocycles. The molecule has 0 aromatic heterocycles. The van der Waals surface area contributed by atoms with E-state index in [9.17, 15) is 13.6 Å². The van der Waals surface area contributed by atoms with Gasteiger partial charge in [0.1, 0.15) is 11.6 Å². The van der Waals surface area contributed by atoms with E-state index in [4.69, 9.17) is 5.73 Å². The summed E-state index contributed by atoms with van der Waals surface area (Å²) in [6.07, 6.45) is 0. The van der Waals surface area contributed by atoms with Crippen LogP contribution in [0, 0.1) is 18.6 Å². The summed E-state index contributed by atoms with van der Waals surface area (Å²) in [6.45, 7) is 1.62. The molecule has 0 spiro atoms. The van der Waals surface area contributed by atoms with E-state index in [0.29, 0.717) is 5.56 Å². The third-order valence-corrected chi connectivity index (χ3v) is 2.73. The van der Waals surface area contributed by atoms with Gasteiger partial charge < -0.3 is 11.1 Å². The molecule has 0 unspecified atom stereocenters. The van der Waals surface area contributed by atoms with Gasteiger partial charge in [-0.1, -0.05) is 12.1 Å². The summed E-state index contributed by atoms with van der Waals surface area (Å²) in [5.41, 5.74) is 6.03. The largest absolute Gasteiger partial charge is 0.396 e. The number of amides is 1. The lowest BCUT2D eigenvalue weighted by molar-refractivity contribution is 0.102. The van der Waals surface area contributed by atoms with E-state index in [0.717, 1.165) is 6.07 Å². The highest BCUT2D eigenvalue weighted by atomic mass is 19.1. The van der Waals surface area contributed by atoms with Crippen molar-refractivity contribution in [2.45, 2.75) is 6.92 Å². The smallest absolute Gasteiger partial charge is 0.257 e. The van der Waals surface area contributed by atoms with E-state index in [2.05, 4.69) is 5.32 Å². The number of hydrogen-bond acceptors (Lipinski definition) is 2. The minimum atomic E-state index is -0.664. The van der Waals surface area contributed by atoms with E-state index in [-0.39, 0.29) is 16.9 Å². The molecule has 2 aromatic rings. The molecule has 3 N–H and O–H groups in total. The predicted molar refractivity (Wildman–Crippen MR) is 69.9 cm³/mol. The summed E-state index contributed by atoms with van der Waals surface area (Å²) in [5, 5.41) is 2.47. The number of benzene rings is 2. The summed E-state index contributed by atoms with van der Waals surface area (Å²) in [7, 11) is 0. The molecular weight excluding hydrogens is 250 g/mol. The van der Waals surface area contributed by atoms with Crippen LogP contribution in [-0.2, 0) is 0 Å². The average Bonchev–Trinajstić information content (AvgIpc) is 2.37. The molecule has 0 aliphatic heterocycles. The molecule has 0 bridgehead atoms. The zero-order valence-corrected chi connectivity index (χ0v) is 10.2. The fraction of sp³-hybridized carbons (Fsp3) is 0.0714. The molecule has 3 nitrogen and oxygen atoms in total. The number of nitrogens with one attached hydrogen (secondary N) is 1. The first-order valence-electron chi connectivity index (χ1n) is 5.60. The Morgan fingerprint density at radius 1 is 1.16 bits per heavy atom. The number of nitrogen functional groups attached to an aromatic ring is 1. The van der Waals surface area contributed by atoms with Gasteiger partial charge in [-0.3, -0.25) is 4.79 Å². The first kappa shape index (κ1) is 13.0. The number of halogens is 2. The van der Waals surface area contributed by atoms with Gasteiger partial charge in [0, 0.05) is 5.69 Å². The van der Waals surface area contributed by atoms with Crippen LogP contribution in [0.2, 0.25) is 0 Å². The Balaban J connectivity index is 2.26. The first-order chi connectivity index (χ1) is 8.99. The topological polar surface area (TPSA) is 55.1 Å². The van der Waals surface area contributed by atoms with E-state index < -0.39 is 17.5 Å². The molecule has 0 radical (unpaired) electrons. The molecular formula is C14H12F2N2O. The quantitative estimate of drug-likeness (QED) is 0.817. The number of anilines is 2. The molecule has 2 rings (SSSR count). The minimum Gasteiger partial charge on any atom is -0.396 e. The van der Waals surface area contributed by atoms with Gasteiger partial charge in [0.25, 0.3) is 5.91 Å². The van der Waals surface area contributed by atoms with Gasteiger partial charge in [-0.2, -0.15) is 0 Å². The lowest BCUT2D eigenvalue weighted by Crippen LogP contribution is -2.15. The second kappa shape index (κ2) is 5.06. The second-order valence-electron chi connectivity index (χ2n) is 4.12. The van der Waals surface area contributed by atoms with Crippen molar-refractivity contribution in [3.63, 3.8) is 0 Å². The van der Waals surface area contributed by atoms with Gasteiger partial charge >= 0.3 is 0 Å². The van der Waals surface area contributed by atoms with Crippen molar-refractivity contribution >= 4 is 17.3 Å². The summed E-state index contributed by atoms with van der Waals surface area (Å²) in [4.78, 5) is 11.9. The Morgan fingerprint density at radius 3 is 2.58 bits per heavy atom. The fourth-order valence-corrected chi connectivity index (χ4v) is 1.60. The SMILES string of the molecule is Cc1ccc(NC(=O)c2cccc(F)c2N)cc1F. The van der Waals surface area contributed by atoms with Crippen molar-refractivity contribution in [3.05, 3.63) is 59.2 Å². The molecule has 0 heterocycles. The first-order valence-corrected chi connectivity index (χ1v) is 5.60. The van der Waals surface area contributed by atoms with E-state index in [1.807, 2.05) is 0 Å². The van der Waals surface area contributed by atoms with Gasteiger partial charge in [0.2, 0.25) is 0 Å². The third kappa shape index (κ3) is 2.70. The molecule has 0 saturated heterocycles. The van der Waals surface area contributed by atoms with Crippen molar-refractivity contribution in [1.29, 1.82) is 0 Å². The van der Waals surface area contributed by atoms with Crippen LogP contribution in [0.1, 0.15) is 15.9 Å². The number of para-hydroxylation sites is 1. The molecule has 98 valence electrons. The minimum absolute atomic E-state index is 0.0148. The van der Waals surface area contributed by atoms with E-state index in [1.54, 1.807) is 19.1 Å². The van der Waals surface area contributed by atoms with Crippen molar-refractivity contribution in [2.75, 3.05) is 11.1 Å². The number of aryl methyl sites for hydroxylation is 1. The highest BCUT2D eigenvalue weighted by Crippen LogP contribution is 2.19. The van der Waals surface area contributed by atoms with Crippen LogP contribution in [-0.4, -0.2) is 5.91 Å². The molecule has 2 aromatic carbocycles. The maximum Gasteiger partial charge on any atom is 0.257 e. The zero-order valence-electron chi connectivity index (χ0n) is 10.2. The Bertz CT molecular complexity index is 641. The number of carbonyl (C=O) groups is 1.